The fourth-order valence-electron chi connectivity index (χ4n) is 3.16. The molecule has 0 fully saturated rings. The van der Waals surface area contributed by atoms with Crippen molar-refractivity contribution in [2.75, 3.05) is 10.9 Å². The van der Waals surface area contributed by atoms with Gasteiger partial charge in [-0.1, -0.05) is 6.92 Å². The molecule has 0 amide bonds. The Hall–Kier alpha value is -1.88. The second-order valence-corrected chi connectivity index (χ2v) is 5.34. The molecule has 3 rings (SSSR count). The van der Waals surface area contributed by atoms with Crippen molar-refractivity contribution in [3.8, 4) is 0 Å². The zero-order chi connectivity index (χ0) is 13.8. The number of rotatable bonds is 2. The number of hydrogen-bond acceptors (Lipinski definition) is 5. The van der Waals surface area contributed by atoms with Crippen LogP contribution in [0.4, 0.5) is 11.4 Å². The Morgan fingerprint density at radius 3 is 2.68 bits per heavy atom. The maximum absolute atomic E-state index is 12.7. The van der Waals surface area contributed by atoms with E-state index in [-0.39, 0.29) is 11.6 Å². The van der Waals surface area contributed by atoms with Crippen molar-refractivity contribution in [3.05, 3.63) is 22.8 Å². The van der Waals surface area contributed by atoms with Crippen LogP contribution >= 0.6 is 0 Å². The smallest absolute Gasteiger partial charge is 0.177 e. The molecule has 5 nitrogen and oxygen atoms in total. The van der Waals surface area contributed by atoms with Gasteiger partial charge in [-0.15, -0.1) is 5.53 Å². The molecule has 1 heterocycles. The van der Waals surface area contributed by atoms with Gasteiger partial charge in [0.25, 0.3) is 0 Å². The lowest BCUT2D eigenvalue weighted by Gasteiger charge is -2.21. The van der Waals surface area contributed by atoms with Crippen molar-refractivity contribution >= 4 is 22.9 Å². The molecule has 5 heteroatoms. The molecular formula is C14H17N3O2. The van der Waals surface area contributed by atoms with Gasteiger partial charge in [-0.3, -0.25) is 9.59 Å². The van der Waals surface area contributed by atoms with Crippen LogP contribution in [-0.4, -0.2) is 11.6 Å². The van der Waals surface area contributed by atoms with Crippen molar-refractivity contribution in [1.82, 2.24) is 5.53 Å². The number of hydrogen-bond donors (Lipinski definition) is 3. The monoisotopic (exact) mass is 259 g/mol. The summed E-state index contributed by atoms with van der Waals surface area (Å²) in [5.74, 6) is -0.0707. The van der Waals surface area contributed by atoms with E-state index in [0.29, 0.717) is 18.4 Å². The van der Waals surface area contributed by atoms with E-state index in [2.05, 4.69) is 16.4 Å². The number of benzene rings is 1. The van der Waals surface area contributed by atoms with Gasteiger partial charge in [0, 0.05) is 5.56 Å². The standard InChI is InChI=1S/C14H17N3O2/c1-4-14(8(3)18)6-10-9(13(14)19)5-7(2)11-12(10)16-17-15-11/h5,15-17H,4,6H2,1-3H3. The molecule has 3 N–H and O–H groups in total. The fraction of sp³-hybridized carbons (Fsp3) is 0.429. The molecule has 0 aromatic heterocycles. The van der Waals surface area contributed by atoms with Crippen LogP contribution < -0.4 is 16.4 Å². The van der Waals surface area contributed by atoms with Crippen molar-refractivity contribution in [1.29, 1.82) is 0 Å². The quantitative estimate of drug-likeness (QED) is 0.708. The molecule has 0 bridgehead atoms. The third-order valence-electron chi connectivity index (χ3n) is 4.44. The minimum absolute atomic E-state index is 0.0305. The van der Waals surface area contributed by atoms with Gasteiger partial charge in [-0.2, -0.15) is 0 Å². The van der Waals surface area contributed by atoms with Gasteiger partial charge < -0.3 is 10.9 Å². The fourth-order valence-corrected chi connectivity index (χ4v) is 3.16. The topological polar surface area (TPSA) is 70.2 Å². The maximum Gasteiger partial charge on any atom is 0.177 e. The van der Waals surface area contributed by atoms with E-state index in [1.807, 2.05) is 19.9 Å². The van der Waals surface area contributed by atoms with Crippen molar-refractivity contribution in [2.24, 2.45) is 5.41 Å². The molecule has 1 aliphatic carbocycles. The summed E-state index contributed by atoms with van der Waals surface area (Å²) in [5.41, 5.74) is 12.5. The minimum atomic E-state index is -0.867. The highest BCUT2D eigenvalue weighted by Gasteiger charge is 2.49. The third-order valence-corrected chi connectivity index (χ3v) is 4.44. The summed E-state index contributed by atoms with van der Waals surface area (Å²) >= 11 is 0. The molecule has 100 valence electrons. The number of fused-ring (bicyclic) bond motifs is 3. The molecule has 0 saturated heterocycles. The van der Waals surface area contributed by atoms with E-state index in [1.54, 1.807) is 0 Å². The van der Waals surface area contributed by atoms with E-state index >= 15 is 0 Å². The zero-order valence-corrected chi connectivity index (χ0v) is 11.3. The highest BCUT2D eigenvalue weighted by Crippen LogP contribution is 2.47. The van der Waals surface area contributed by atoms with Crippen LogP contribution in [0.1, 0.15) is 41.8 Å². The molecule has 1 aliphatic heterocycles. The minimum Gasteiger partial charge on any atom is -0.302 e. The normalized spacial score (nSPS) is 23.6. The Bertz CT molecular complexity index is 609. The number of carbonyl (C=O) groups excluding carboxylic acids is 2. The zero-order valence-electron chi connectivity index (χ0n) is 11.3. The van der Waals surface area contributed by atoms with Gasteiger partial charge in [0.2, 0.25) is 0 Å². The van der Waals surface area contributed by atoms with Gasteiger partial charge in [0.1, 0.15) is 5.78 Å². The molecule has 0 saturated carbocycles. The van der Waals surface area contributed by atoms with Gasteiger partial charge in [-0.25, -0.2) is 0 Å². The third kappa shape index (κ3) is 1.39. The Morgan fingerprint density at radius 2 is 2.05 bits per heavy atom. The summed E-state index contributed by atoms with van der Waals surface area (Å²) in [4.78, 5) is 24.6. The Kier molecular flexibility index (Phi) is 2.44. The second-order valence-electron chi connectivity index (χ2n) is 5.34. The lowest BCUT2D eigenvalue weighted by Crippen LogP contribution is -2.34. The molecule has 0 radical (unpaired) electrons. The van der Waals surface area contributed by atoms with Crippen LogP contribution in [0.15, 0.2) is 6.07 Å². The number of ketones is 2. The van der Waals surface area contributed by atoms with Gasteiger partial charge in [0.05, 0.1) is 16.8 Å². The number of Topliss-reactive ketones (excluding diaryl/α,β-unsaturated/α-hetero) is 2. The van der Waals surface area contributed by atoms with E-state index in [9.17, 15) is 9.59 Å². The number of aryl methyl sites for hydroxylation is 1. The average molecular weight is 259 g/mol. The average Bonchev–Trinajstić information content (AvgIpc) is 2.95. The lowest BCUT2D eigenvalue weighted by molar-refractivity contribution is -0.124. The van der Waals surface area contributed by atoms with E-state index < -0.39 is 5.41 Å². The first-order valence-electron chi connectivity index (χ1n) is 6.50. The second kappa shape index (κ2) is 3.81. The molecule has 19 heavy (non-hydrogen) atoms. The first-order valence-corrected chi connectivity index (χ1v) is 6.50. The number of nitrogens with one attached hydrogen (secondary N) is 3. The molecule has 1 atom stereocenters. The summed E-state index contributed by atoms with van der Waals surface area (Å²) in [6, 6.07) is 1.89. The van der Waals surface area contributed by atoms with Crippen molar-refractivity contribution in [3.63, 3.8) is 0 Å². The Balaban J connectivity index is 2.22. The highest BCUT2D eigenvalue weighted by atomic mass is 16.2. The van der Waals surface area contributed by atoms with Gasteiger partial charge in [0.15, 0.2) is 5.78 Å². The largest absolute Gasteiger partial charge is 0.302 e. The lowest BCUT2D eigenvalue weighted by atomic mass is 9.77. The molecule has 1 aromatic carbocycles. The Morgan fingerprint density at radius 1 is 1.37 bits per heavy atom. The van der Waals surface area contributed by atoms with Crippen molar-refractivity contribution in [2.45, 2.75) is 33.6 Å². The predicted molar refractivity (Wildman–Crippen MR) is 73.0 cm³/mol. The van der Waals surface area contributed by atoms with Crippen LogP contribution in [0.2, 0.25) is 0 Å². The molecule has 0 spiro atoms. The number of carbonyl (C=O) groups is 2. The summed E-state index contributed by atoms with van der Waals surface area (Å²) < 4.78 is 0. The van der Waals surface area contributed by atoms with Crippen molar-refractivity contribution < 1.29 is 9.59 Å². The molecule has 2 aliphatic rings. The summed E-state index contributed by atoms with van der Waals surface area (Å²) in [6.07, 6.45) is 1.04. The number of hydrazine groups is 2. The van der Waals surface area contributed by atoms with Crippen LogP contribution in [0, 0.1) is 12.3 Å². The van der Waals surface area contributed by atoms with E-state index in [1.165, 1.54) is 6.92 Å². The summed E-state index contributed by atoms with van der Waals surface area (Å²) in [7, 11) is 0. The summed E-state index contributed by atoms with van der Waals surface area (Å²) in [5, 5.41) is 0. The Labute approximate surface area is 111 Å². The highest BCUT2D eigenvalue weighted by molar-refractivity contribution is 6.18. The molecular weight excluding hydrogens is 242 g/mol. The van der Waals surface area contributed by atoms with Gasteiger partial charge in [-0.05, 0) is 43.9 Å². The van der Waals surface area contributed by atoms with Gasteiger partial charge >= 0.3 is 0 Å². The first-order chi connectivity index (χ1) is 9.01. The molecule has 1 aromatic rings. The predicted octanol–water partition coefficient (Wildman–Crippen LogP) is 1.98. The first kappa shape index (κ1) is 12.2. The van der Waals surface area contributed by atoms with E-state index in [0.717, 1.165) is 22.5 Å². The van der Waals surface area contributed by atoms with E-state index in [4.69, 9.17) is 0 Å². The van der Waals surface area contributed by atoms with Crippen LogP contribution in [0.25, 0.3) is 0 Å². The maximum atomic E-state index is 12.7. The summed E-state index contributed by atoms with van der Waals surface area (Å²) in [6.45, 7) is 5.38. The van der Waals surface area contributed by atoms with Crippen LogP contribution in [0.5, 0.6) is 0 Å². The number of anilines is 2. The van der Waals surface area contributed by atoms with Crippen LogP contribution in [0.3, 0.4) is 0 Å². The molecule has 1 unspecified atom stereocenters. The van der Waals surface area contributed by atoms with Crippen LogP contribution in [-0.2, 0) is 11.2 Å². The SMILES string of the molecule is CCC1(C(C)=O)Cc2c(cc(C)c3c2NNN3)C1=O.